The molecular weight excluding hydrogens is 428 g/mol. The highest BCUT2D eigenvalue weighted by atomic mass is 16.4. The second-order valence-electron chi connectivity index (χ2n) is 11.4. The lowest BCUT2D eigenvalue weighted by molar-refractivity contribution is -0.149. The van der Waals surface area contributed by atoms with Gasteiger partial charge in [-0.15, -0.1) is 0 Å². The van der Waals surface area contributed by atoms with Crippen molar-refractivity contribution in [2.24, 2.45) is 11.3 Å². The zero-order valence-electron chi connectivity index (χ0n) is 23.7. The number of carbonyl (C=O) groups is 1. The van der Waals surface area contributed by atoms with Crippen LogP contribution in [0.3, 0.4) is 0 Å². The predicted octanol–water partition coefficient (Wildman–Crippen LogP) is 10.8. The summed E-state index contributed by atoms with van der Waals surface area (Å²) in [6.45, 7) is 6.57. The third-order valence-electron chi connectivity index (χ3n) is 7.97. The van der Waals surface area contributed by atoms with Crippen LogP contribution in [0.5, 0.6) is 0 Å². The van der Waals surface area contributed by atoms with E-state index < -0.39 is 11.4 Å². The fraction of sp³-hybridized carbons (Fsp3) is 0.788. The molecule has 35 heavy (non-hydrogen) atoms. The van der Waals surface area contributed by atoms with Gasteiger partial charge < -0.3 is 5.11 Å². The molecule has 2 nitrogen and oxygen atoms in total. The van der Waals surface area contributed by atoms with Crippen LogP contribution >= 0.6 is 0 Å². The van der Waals surface area contributed by atoms with Gasteiger partial charge in [0.25, 0.3) is 0 Å². The molecule has 1 aromatic carbocycles. The van der Waals surface area contributed by atoms with Crippen LogP contribution < -0.4 is 0 Å². The number of aliphatic carboxylic acids is 1. The Hall–Kier alpha value is -1.31. The van der Waals surface area contributed by atoms with Gasteiger partial charge in [-0.25, -0.2) is 0 Å². The number of carboxylic acid groups (broad SMARTS) is 1. The third kappa shape index (κ3) is 16.1. The molecule has 1 N–H and O–H groups in total. The van der Waals surface area contributed by atoms with Gasteiger partial charge in [0.1, 0.15) is 0 Å². The van der Waals surface area contributed by atoms with Gasteiger partial charge in [-0.05, 0) is 44.1 Å². The molecule has 2 unspecified atom stereocenters. The summed E-state index contributed by atoms with van der Waals surface area (Å²) in [5.41, 5.74) is 0.782. The molecule has 2 atom stereocenters. The predicted molar refractivity (Wildman–Crippen MR) is 153 cm³/mol. The number of hydrogen-bond acceptors (Lipinski definition) is 1. The van der Waals surface area contributed by atoms with Gasteiger partial charge >= 0.3 is 5.97 Å². The van der Waals surface area contributed by atoms with Crippen molar-refractivity contribution in [1.82, 2.24) is 0 Å². The van der Waals surface area contributed by atoms with Gasteiger partial charge in [0, 0.05) is 0 Å². The second-order valence-corrected chi connectivity index (χ2v) is 11.4. The molecule has 1 rings (SSSR count). The van der Waals surface area contributed by atoms with Crippen molar-refractivity contribution in [2.45, 2.75) is 156 Å². The summed E-state index contributed by atoms with van der Waals surface area (Å²) in [5.74, 6) is -0.0161. The first-order chi connectivity index (χ1) is 17.0. The highest BCUT2D eigenvalue weighted by Gasteiger charge is 2.34. The largest absolute Gasteiger partial charge is 0.481 e. The summed E-state index contributed by atoms with van der Waals surface area (Å²) >= 11 is 0. The Labute approximate surface area is 218 Å². The van der Waals surface area contributed by atoms with Crippen LogP contribution in [0.25, 0.3) is 0 Å². The number of rotatable bonds is 24. The Kier molecular flexibility index (Phi) is 18.9. The van der Waals surface area contributed by atoms with Gasteiger partial charge in [-0.1, -0.05) is 153 Å². The van der Waals surface area contributed by atoms with E-state index in [1.807, 2.05) is 6.92 Å². The summed E-state index contributed by atoms with van der Waals surface area (Å²) in [5, 5.41) is 10.2. The number of carboxylic acids is 1. The van der Waals surface area contributed by atoms with E-state index >= 15 is 0 Å². The zero-order valence-corrected chi connectivity index (χ0v) is 23.7. The molecule has 0 saturated heterocycles. The standard InChI is InChI=1S/C33H58O2/c1-4-6-8-10-12-13-15-18-27-31(26-17-14-11-9-7-5-2)29-33(3,32(34)35)28-22-21-25-30-23-19-16-20-24-30/h16,19-20,23-24,31H,4-15,17-18,21-22,25-29H2,1-3H3,(H,34,35). The van der Waals surface area contributed by atoms with Crippen LogP contribution in [0.15, 0.2) is 30.3 Å². The van der Waals surface area contributed by atoms with E-state index in [0.29, 0.717) is 5.92 Å². The highest BCUT2D eigenvalue weighted by molar-refractivity contribution is 5.74. The summed E-state index contributed by atoms with van der Waals surface area (Å²) in [6, 6.07) is 10.6. The van der Waals surface area contributed by atoms with E-state index in [1.165, 1.54) is 108 Å². The van der Waals surface area contributed by atoms with E-state index in [4.69, 9.17) is 0 Å². The SMILES string of the molecule is CCCCCCCCCCC(CCCCCCCC)CC(C)(CCCCc1ccccc1)C(=O)O. The summed E-state index contributed by atoms with van der Waals surface area (Å²) < 4.78 is 0. The molecule has 0 bridgehead atoms. The van der Waals surface area contributed by atoms with Crippen molar-refractivity contribution < 1.29 is 9.90 Å². The Bertz CT molecular complexity index is 611. The highest BCUT2D eigenvalue weighted by Crippen LogP contribution is 2.37. The molecule has 0 spiro atoms. The molecular formula is C33H58O2. The fourth-order valence-electron chi connectivity index (χ4n) is 5.55. The van der Waals surface area contributed by atoms with Crippen molar-refractivity contribution in [2.75, 3.05) is 0 Å². The van der Waals surface area contributed by atoms with Crippen LogP contribution in [0.2, 0.25) is 0 Å². The molecule has 0 amide bonds. The molecule has 0 aliphatic heterocycles. The maximum Gasteiger partial charge on any atom is 0.309 e. The van der Waals surface area contributed by atoms with Crippen molar-refractivity contribution in [3.05, 3.63) is 35.9 Å². The Morgan fingerprint density at radius 2 is 1.20 bits per heavy atom. The summed E-state index contributed by atoms with van der Waals surface area (Å²) in [4.78, 5) is 12.4. The fourth-order valence-corrected chi connectivity index (χ4v) is 5.55. The minimum absolute atomic E-state index is 0.566. The average molecular weight is 487 g/mol. The molecule has 0 fully saturated rings. The number of hydrogen-bond donors (Lipinski definition) is 1. The van der Waals surface area contributed by atoms with E-state index in [0.717, 1.165) is 32.1 Å². The molecule has 0 aliphatic rings. The van der Waals surface area contributed by atoms with Gasteiger partial charge in [-0.3, -0.25) is 4.79 Å². The van der Waals surface area contributed by atoms with Crippen molar-refractivity contribution >= 4 is 5.97 Å². The van der Waals surface area contributed by atoms with Crippen LogP contribution in [0.4, 0.5) is 0 Å². The molecule has 1 aromatic rings. The van der Waals surface area contributed by atoms with Crippen LogP contribution in [-0.4, -0.2) is 11.1 Å². The van der Waals surface area contributed by atoms with Gasteiger partial charge in [0.2, 0.25) is 0 Å². The van der Waals surface area contributed by atoms with Crippen LogP contribution in [0.1, 0.15) is 155 Å². The third-order valence-corrected chi connectivity index (χ3v) is 7.97. The van der Waals surface area contributed by atoms with Gasteiger partial charge in [0.05, 0.1) is 5.41 Å². The van der Waals surface area contributed by atoms with Crippen LogP contribution in [-0.2, 0) is 11.2 Å². The first-order valence-electron chi connectivity index (χ1n) is 15.3. The van der Waals surface area contributed by atoms with E-state index in [9.17, 15) is 9.90 Å². The number of benzene rings is 1. The second kappa shape index (κ2) is 20.8. The van der Waals surface area contributed by atoms with E-state index in [2.05, 4.69) is 44.2 Å². The van der Waals surface area contributed by atoms with Crippen molar-refractivity contribution in [3.63, 3.8) is 0 Å². The Balaban J connectivity index is 2.50. The van der Waals surface area contributed by atoms with E-state index in [1.54, 1.807) is 0 Å². The maximum absolute atomic E-state index is 12.4. The van der Waals surface area contributed by atoms with Gasteiger partial charge in [-0.2, -0.15) is 0 Å². The topological polar surface area (TPSA) is 37.3 Å². The molecule has 202 valence electrons. The van der Waals surface area contributed by atoms with Crippen molar-refractivity contribution in [1.29, 1.82) is 0 Å². The average Bonchev–Trinajstić information content (AvgIpc) is 2.86. The monoisotopic (exact) mass is 486 g/mol. The number of unbranched alkanes of at least 4 members (excludes halogenated alkanes) is 13. The maximum atomic E-state index is 12.4. The normalized spacial score (nSPS) is 14.0. The minimum Gasteiger partial charge on any atom is -0.481 e. The molecule has 0 aliphatic carbocycles. The summed E-state index contributed by atoms with van der Waals surface area (Å²) in [6.07, 6.45) is 25.9. The van der Waals surface area contributed by atoms with Crippen LogP contribution in [0, 0.1) is 11.3 Å². The Morgan fingerprint density at radius 1 is 0.714 bits per heavy atom. The minimum atomic E-state index is -0.582. The number of aryl methyl sites for hydroxylation is 1. The zero-order chi connectivity index (χ0) is 25.6. The summed E-state index contributed by atoms with van der Waals surface area (Å²) in [7, 11) is 0. The lowest BCUT2D eigenvalue weighted by Gasteiger charge is -2.30. The molecule has 2 heteroatoms. The molecule has 0 aromatic heterocycles. The van der Waals surface area contributed by atoms with Gasteiger partial charge in [0.15, 0.2) is 0 Å². The molecule has 0 radical (unpaired) electrons. The lowest BCUT2D eigenvalue weighted by atomic mass is 9.74. The first kappa shape index (κ1) is 31.7. The Morgan fingerprint density at radius 3 is 1.69 bits per heavy atom. The van der Waals surface area contributed by atoms with Crippen molar-refractivity contribution in [3.8, 4) is 0 Å². The molecule has 0 heterocycles. The van der Waals surface area contributed by atoms with E-state index in [-0.39, 0.29) is 0 Å². The quantitative estimate of drug-likeness (QED) is 0.147. The first-order valence-corrected chi connectivity index (χ1v) is 15.3. The lowest BCUT2D eigenvalue weighted by Crippen LogP contribution is -2.30. The smallest absolute Gasteiger partial charge is 0.309 e. The molecule has 0 saturated carbocycles.